The van der Waals surface area contributed by atoms with Crippen LogP contribution in [-0.4, -0.2) is 60.9 Å². The molecule has 6 nitrogen and oxygen atoms in total. The van der Waals surface area contributed by atoms with Crippen molar-refractivity contribution < 1.29 is 19.7 Å². The molecule has 0 aliphatic rings. The maximum absolute atomic E-state index is 11.9. The number of aromatic hydroxyl groups is 1. The van der Waals surface area contributed by atoms with E-state index in [-0.39, 0.29) is 18.2 Å². The number of nitrogens with zero attached hydrogens (tertiary/aromatic N) is 1. The van der Waals surface area contributed by atoms with Gasteiger partial charge in [-0.3, -0.25) is 4.79 Å². The van der Waals surface area contributed by atoms with Crippen molar-refractivity contribution in [1.29, 1.82) is 0 Å². The molecule has 0 fully saturated rings. The normalized spacial score (nSPS) is 13.9. The first-order valence-corrected chi connectivity index (χ1v) is 6.27. The fourth-order valence-electron chi connectivity index (χ4n) is 1.94. The largest absolute Gasteiger partial charge is 0.504 e. The Hall–Kier alpha value is -1.79. The molecular formula is C14H22N2O4. The summed E-state index contributed by atoms with van der Waals surface area (Å²) in [6.07, 6.45) is 0. The van der Waals surface area contributed by atoms with E-state index in [1.807, 2.05) is 19.0 Å². The van der Waals surface area contributed by atoms with Crippen LogP contribution in [0.3, 0.4) is 0 Å². The van der Waals surface area contributed by atoms with Crippen LogP contribution in [-0.2, 0) is 0 Å². The van der Waals surface area contributed by atoms with E-state index < -0.39 is 5.60 Å². The van der Waals surface area contributed by atoms with E-state index >= 15 is 0 Å². The van der Waals surface area contributed by atoms with Crippen LogP contribution >= 0.6 is 0 Å². The zero-order chi connectivity index (χ0) is 15.3. The van der Waals surface area contributed by atoms with Gasteiger partial charge in [0, 0.05) is 18.7 Å². The van der Waals surface area contributed by atoms with Crippen LogP contribution in [0.15, 0.2) is 18.2 Å². The number of hydrogen-bond donors (Lipinski definition) is 3. The fourth-order valence-corrected chi connectivity index (χ4v) is 1.94. The average Bonchev–Trinajstić information content (AvgIpc) is 2.34. The Labute approximate surface area is 119 Å². The lowest BCUT2D eigenvalue weighted by atomic mass is 10.1. The molecular weight excluding hydrogens is 260 g/mol. The highest BCUT2D eigenvalue weighted by Gasteiger charge is 2.22. The summed E-state index contributed by atoms with van der Waals surface area (Å²) in [6.45, 7) is 2.21. The van der Waals surface area contributed by atoms with E-state index in [0.29, 0.717) is 17.9 Å². The molecule has 0 aliphatic carbocycles. The van der Waals surface area contributed by atoms with Crippen molar-refractivity contribution in [3.63, 3.8) is 0 Å². The molecule has 3 N–H and O–H groups in total. The van der Waals surface area contributed by atoms with Crippen molar-refractivity contribution in [2.75, 3.05) is 34.3 Å². The molecule has 0 saturated carbocycles. The molecule has 1 aromatic rings. The second kappa shape index (κ2) is 6.58. The monoisotopic (exact) mass is 282 g/mol. The molecule has 1 aromatic carbocycles. The fraction of sp³-hybridized carbons (Fsp3) is 0.500. The summed E-state index contributed by atoms with van der Waals surface area (Å²) in [5.41, 5.74) is -0.711. The van der Waals surface area contributed by atoms with Crippen molar-refractivity contribution >= 4 is 5.91 Å². The van der Waals surface area contributed by atoms with Crippen LogP contribution in [0.2, 0.25) is 0 Å². The molecule has 112 valence electrons. The van der Waals surface area contributed by atoms with Gasteiger partial charge >= 0.3 is 0 Å². The minimum atomic E-state index is -1.02. The minimum Gasteiger partial charge on any atom is -0.504 e. The number of ether oxygens (including phenoxy) is 1. The first-order chi connectivity index (χ1) is 9.25. The molecule has 1 unspecified atom stereocenters. The molecule has 20 heavy (non-hydrogen) atoms. The summed E-state index contributed by atoms with van der Waals surface area (Å²) in [5, 5.41) is 22.4. The Morgan fingerprint density at radius 2 is 2.10 bits per heavy atom. The van der Waals surface area contributed by atoms with E-state index in [4.69, 9.17) is 4.74 Å². The summed E-state index contributed by atoms with van der Waals surface area (Å²) in [5.74, 6) is -0.150. The molecule has 0 aliphatic heterocycles. The third kappa shape index (κ3) is 4.71. The number of aliphatic hydroxyl groups is 1. The number of hydrogen-bond acceptors (Lipinski definition) is 5. The van der Waals surface area contributed by atoms with Gasteiger partial charge in [0.05, 0.1) is 12.7 Å². The SMILES string of the molecule is COc1ccc(C(=O)NCC(C)(O)CN(C)C)cc1O. The molecule has 0 radical (unpaired) electrons. The number of rotatable bonds is 6. The lowest BCUT2D eigenvalue weighted by Crippen LogP contribution is -2.47. The number of methoxy groups -OCH3 is 1. The van der Waals surface area contributed by atoms with Gasteiger partial charge in [0.1, 0.15) is 0 Å². The minimum absolute atomic E-state index is 0.0970. The highest BCUT2D eigenvalue weighted by molar-refractivity contribution is 5.94. The predicted octanol–water partition coefficient (Wildman–Crippen LogP) is 0.443. The molecule has 0 spiro atoms. The summed E-state index contributed by atoms with van der Waals surface area (Å²) in [4.78, 5) is 13.8. The number of phenolic OH excluding ortho intramolecular Hbond substituents is 1. The van der Waals surface area contributed by atoms with Crippen LogP contribution in [0.25, 0.3) is 0 Å². The summed E-state index contributed by atoms with van der Waals surface area (Å²) >= 11 is 0. The van der Waals surface area contributed by atoms with E-state index in [1.54, 1.807) is 13.0 Å². The van der Waals surface area contributed by atoms with Crippen LogP contribution in [0.1, 0.15) is 17.3 Å². The van der Waals surface area contributed by atoms with Crippen molar-refractivity contribution in [1.82, 2.24) is 10.2 Å². The van der Waals surface area contributed by atoms with E-state index in [1.165, 1.54) is 19.2 Å². The van der Waals surface area contributed by atoms with Crippen LogP contribution < -0.4 is 10.1 Å². The summed E-state index contributed by atoms with van der Waals surface area (Å²) in [6, 6.07) is 4.39. The Kier molecular flexibility index (Phi) is 5.35. The third-order valence-corrected chi connectivity index (χ3v) is 2.73. The predicted molar refractivity (Wildman–Crippen MR) is 76.2 cm³/mol. The molecule has 1 atom stereocenters. The van der Waals surface area contributed by atoms with Gasteiger partial charge in [-0.2, -0.15) is 0 Å². The maximum atomic E-state index is 11.9. The molecule has 0 saturated heterocycles. The maximum Gasteiger partial charge on any atom is 0.251 e. The van der Waals surface area contributed by atoms with E-state index in [2.05, 4.69) is 5.32 Å². The van der Waals surface area contributed by atoms with Gasteiger partial charge in [0.15, 0.2) is 11.5 Å². The summed E-state index contributed by atoms with van der Waals surface area (Å²) < 4.78 is 4.91. The number of carbonyl (C=O) groups is 1. The number of benzene rings is 1. The number of nitrogens with one attached hydrogen (secondary N) is 1. The van der Waals surface area contributed by atoms with Crippen molar-refractivity contribution in [3.8, 4) is 11.5 Å². The molecule has 0 heterocycles. The summed E-state index contributed by atoms with van der Waals surface area (Å²) in [7, 11) is 5.13. The Morgan fingerprint density at radius 1 is 1.45 bits per heavy atom. The zero-order valence-corrected chi connectivity index (χ0v) is 12.3. The smallest absolute Gasteiger partial charge is 0.251 e. The van der Waals surface area contributed by atoms with E-state index in [9.17, 15) is 15.0 Å². The van der Waals surface area contributed by atoms with E-state index in [0.717, 1.165) is 0 Å². The topological polar surface area (TPSA) is 82.0 Å². The lowest BCUT2D eigenvalue weighted by Gasteiger charge is -2.27. The second-order valence-electron chi connectivity index (χ2n) is 5.30. The molecule has 0 aromatic heterocycles. The highest BCUT2D eigenvalue weighted by atomic mass is 16.5. The van der Waals surface area contributed by atoms with Crippen molar-refractivity contribution in [2.24, 2.45) is 0 Å². The molecule has 1 amide bonds. The number of carbonyl (C=O) groups excluding carboxylic acids is 1. The number of likely N-dealkylation sites (N-methyl/N-ethyl adjacent to an activating group) is 1. The zero-order valence-electron chi connectivity index (χ0n) is 12.3. The van der Waals surface area contributed by atoms with Gasteiger partial charge in [0.25, 0.3) is 5.91 Å². The van der Waals surface area contributed by atoms with Crippen LogP contribution in [0.5, 0.6) is 11.5 Å². The Bertz CT molecular complexity index is 472. The highest BCUT2D eigenvalue weighted by Crippen LogP contribution is 2.26. The van der Waals surface area contributed by atoms with Gasteiger partial charge in [-0.1, -0.05) is 0 Å². The van der Waals surface area contributed by atoms with Gasteiger partial charge < -0.3 is 25.2 Å². The van der Waals surface area contributed by atoms with Gasteiger partial charge in [0.2, 0.25) is 0 Å². The van der Waals surface area contributed by atoms with Crippen molar-refractivity contribution in [3.05, 3.63) is 23.8 Å². The van der Waals surface area contributed by atoms with Crippen LogP contribution in [0.4, 0.5) is 0 Å². The Morgan fingerprint density at radius 3 is 2.60 bits per heavy atom. The second-order valence-corrected chi connectivity index (χ2v) is 5.30. The number of phenols is 1. The third-order valence-electron chi connectivity index (χ3n) is 2.73. The van der Waals surface area contributed by atoms with Gasteiger partial charge in [-0.05, 0) is 39.2 Å². The quantitative estimate of drug-likeness (QED) is 0.705. The first-order valence-electron chi connectivity index (χ1n) is 6.27. The molecule has 1 rings (SSSR count). The number of amides is 1. The Balaban J connectivity index is 2.65. The molecule has 0 bridgehead atoms. The first kappa shape index (κ1) is 16.3. The standard InChI is InChI=1S/C14H22N2O4/c1-14(19,9-16(2)3)8-15-13(18)10-5-6-12(20-4)11(17)7-10/h5-7,17,19H,8-9H2,1-4H3,(H,15,18). The van der Waals surface area contributed by atoms with Gasteiger partial charge in [-0.25, -0.2) is 0 Å². The average molecular weight is 282 g/mol. The van der Waals surface area contributed by atoms with Crippen LogP contribution in [0, 0.1) is 0 Å². The molecule has 6 heteroatoms. The lowest BCUT2D eigenvalue weighted by molar-refractivity contribution is 0.0326. The van der Waals surface area contributed by atoms with Crippen molar-refractivity contribution in [2.45, 2.75) is 12.5 Å². The van der Waals surface area contributed by atoms with Gasteiger partial charge in [-0.15, -0.1) is 0 Å².